The Balaban J connectivity index is 1.57. The highest BCUT2D eigenvalue weighted by atomic mass is 19.1. The van der Waals surface area contributed by atoms with Gasteiger partial charge in [-0.05, 0) is 91.3 Å². The van der Waals surface area contributed by atoms with Gasteiger partial charge in [-0.25, -0.2) is 18.0 Å². The second kappa shape index (κ2) is 11.2. The van der Waals surface area contributed by atoms with Crippen molar-refractivity contribution in [2.75, 3.05) is 6.54 Å². The summed E-state index contributed by atoms with van der Waals surface area (Å²) < 4.78 is 47.2. The van der Waals surface area contributed by atoms with E-state index in [2.05, 4.69) is 23.6 Å². The van der Waals surface area contributed by atoms with Crippen molar-refractivity contribution in [1.29, 1.82) is 0 Å². The highest BCUT2D eigenvalue weighted by molar-refractivity contribution is 5.79. The highest BCUT2D eigenvalue weighted by Crippen LogP contribution is 2.44. The van der Waals surface area contributed by atoms with Crippen molar-refractivity contribution in [2.45, 2.75) is 64.3 Å². The van der Waals surface area contributed by atoms with E-state index in [9.17, 15) is 23.1 Å². The third-order valence-corrected chi connectivity index (χ3v) is 6.53. The molecule has 3 atom stereocenters. The molecule has 1 unspecified atom stereocenters. The van der Waals surface area contributed by atoms with Gasteiger partial charge in [-0.15, -0.1) is 0 Å². The van der Waals surface area contributed by atoms with Gasteiger partial charge in [-0.1, -0.05) is 31.2 Å². The van der Waals surface area contributed by atoms with Gasteiger partial charge in [0.05, 0.1) is 18.2 Å². The zero-order valence-corrected chi connectivity index (χ0v) is 21.9. The molecule has 1 aliphatic carbocycles. The standard InChI is InChI=1S/C30H33F3N2O3/c1-5-17-6-8-22-23-9-7-19(31)15-25(23)28(24(22)12-17)34-16-27(36)26(35-29(37)38-30(2,3)4)13-18-10-20(32)14-21(33)11-18/h6-12,14-15,26-28,34,36H,5,13,16H2,1-4H3,(H,35,37)/t26-,27+,28?/m0/s1. The lowest BCUT2D eigenvalue weighted by atomic mass is 9.99. The molecule has 0 aliphatic heterocycles. The van der Waals surface area contributed by atoms with Crippen LogP contribution in [-0.2, 0) is 17.6 Å². The summed E-state index contributed by atoms with van der Waals surface area (Å²) >= 11 is 0. The Morgan fingerprint density at radius 2 is 1.55 bits per heavy atom. The molecule has 0 aromatic heterocycles. The van der Waals surface area contributed by atoms with Crippen LogP contribution in [0.1, 0.15) is 56.0 Å². The van der Waals surface area contributed by atoms with Crippen LogP contribution in [-0.4, -0.2) is 35.5 Å². The van der Waals surface area contributed by atoms with Crippen LogP contribution in [0.15, 0.2) is 54.6 Å². The zero-order valence-electron chi connectivity index (χ0n) is 21.9. The van der Waals surface area contributed by atoms with Crippen LogP contribution in [0.4, 0.5) is 18.0 Å². The molecule has 0 spiro atoms. The minimum atomic E-state index is -1.16. The van der Waals surface area contributed by atoms with Gasteiger partial charge in [0.25, 0.3) is 0 Å². The molecule has 1 aliphatic rings. The van der Waals surface area contributed by atoms with Gasteiger partial charge in [-0.3, -0.25) is 0 Å². The smallest absolute Gasteiger partial charge is 0.407 e. The zero-order chi connectivity index (χ0) is 27.6. The van der Waals surface area contributed by atoms with E-state index in [4.69, 9.17) is 4.74 Å². The van der Waals surface area contributed by atoms with Crippen molar-refractivity contribution in [3.8, 4) is 11.1 Å². The second-order valence-electron chi connectivity index (χ2n) is 10.6. The van der Waals surface area contributed by atoms with Gasteiger partial charge < -0.3 is 20.5 Å². The molecular formula is C30H33F3N2O3. The number of hydrogen-bond donors (Lipinski definition) is 3. The third-order valence-electron chi connectivity index (χ3n) is 6.53. The molecule has 0 bridgehead atoms. The number of aryl methyl sites for hydroxylation is 1. The third kappa shape index (κ3) is 6.55. The quantitative estimate of drug-likeness (QED) is 0.346. The van der Waals surface area contributed by atoms with E-state index >= 15 is 0 Å². The molecule has 0 fully saturated rings. The lowest BCUT2D eigenvalue weighted by molar-refractivity contribution is 0.0421. The number of nitrogens with one attached hydrogen (secondary N) is 2. The lowest BCUT2D eigenvalue weighted by Crippen LogP contribution is -2.50. The number of alkyl carbamates (subject to hydrolysis) is 1. The number of fused-ring (bicyclic) bond motifs is 3. The number of ether oxygens (including phenoxy) is 1. The van der Waals surface area contributed by atoms with Crippen molar-refractivity contribution >= 4 is 6.09 Å². The molecular weight excluding hydrogens is 493 g/mol. The van der Waals surface area contributed by atoms with Crippen LogP contribution in [0.2, 0.25) is 0 Å². The van der Waals surface area contributed by atoms with Crippen LogP contribution in [0, 0.1) is 17.5 Å². The van der Waals surface area contributed by atoms with Crippen LogP contribution in [0.25, 0.3) is 11.1 Å². The molecule has 1 amide bonds. The van der Waals surface area contributed by atoms with E-state index in [0.29, 0.717) is 0 Å². The molecule has 0 radical (unpaired) electrons. The maximum Gasteiger partial charge on any atom is 0.407 e. The summed E-state index contributed by atoms with van der Waals surface area (Å²) in [5.74, 6) is -1.87. The van der Waals surface area contributed by atoms with E-state index in [1.54, 1.807) is 26.8 Å². The fraction of sp³-hybridized carbons (Fsp3) is 0.367. The molecule has 3 aromatic rings. The number of carbonyl (C=O) groups excluding carboxylic acids is 1. The molecule has 5 nitrogen and oxygen atoms in total. The van der Waals surface area contributed by atoms with Crippen molar-refractivity contribution in [3.63, 3.8) is 0 Å². The average molecular weight is 527 g/mol. The molecule has 0 heterocycles. The van der Waals surface area contributed by atoms with Gasteiger partial charge in [0, 0.05) is 12.6 Å². The summed E-state index contributed by atoms with van der Waals surface area (Å²) in [5.41, 5.74) is 4.25. The van der Waals surface area contributed by atoms with Crippen LogP contribution in [0.3, 0.4) is 0 Å². The number of aliphatic hydroxyl groups excluding tert-OH is 1. The molecule has 202 valence electrons. The van der Waals surface area contributed by atoms with Gasteiger partial charge in [0.15, 0.2) is 0 Å². The van der Waals surface area contributed by atoms with E-state index in [1.807, 2.05) is 12.1 Å². The monoisotopic (exact) mass is 526 g/mol. The maximum absolute atomic E-state index is 14.2. The molecule has 8 heteroatoms. The Kier molecular flexibility index (Phi) is 8.13. The summed E-state index contributed by atoms with van der Waals surface area (Å²) in [4.78, 5) is 12.5. The average Bonchev–Trinajstić information content (AvgIpc) is 3.11. The first-order chi connectivity index (χ1) is 17.9. The highest BCUT2D eigenvalue weighted by Gasteiger charge is 2.31. The number of hydrogen-bond acceptors (Lipinski definition) is 4. The first kappa shape index (κ1) is 27.7. The summed E-state index contributed by atoms with van der Waals surface area (Å²) in [7, 11) is 0. The van der Waals surface area contributed by atoms with Gasteiger partial charge >= 0.3 is 6.09 Å². The minimum Gasteiger partial charge on any atom is -0.444 e. The molecule has 3 N–H and O–H groups in total. The fourth-order valence-corrected chi connectivity index (χ4v) is 4.83. The van der Waals surface area contributed by atoms with Gasteiger partial charge in [0.2, 0.25) is 0 Å². The summed E-state index contributed by atoms with van der Waals surface area (Å²) in [5, 5.41) is 17.1. The van der Waals surface area contributed by atoms with Crippen LogP contribution in [0.5, 0.6) is 0 Å². The summed E-state index contributed by atoms with van der Waals surface area (Å²) in [6, 6.07) is 12.6. The SMILES string of the molecule is CCc1ccc2c(c1)C(NC[C@@H](O)[C@H](Cc1cc(F)cc(F)c1)NC(=O)OC(C)(C)C)c1cc(F)ccc1-2. The predicted octanol–water partition coefficient (Wildman–Crippen LogP) is 5.82. The molecule has 4 rings (SSSR count). The minimum absolute atomic E-state index is 0.00861. The normalized spacial score (nSPS) is 15.9. The number of carbonyl (C=O) groups is 1. The topological polar surface area (TPSA) is 70.6 Å². The summed E-state index contributed by atoms with van der Waals surface area (Å²) in [6.07, 6.45) is -1.13. The fourth-order valence-electron chi connectivity index (χ4n) is 4.83. The number of benzene rings is 3. The second-order valence-corrected chi connectivity index (χ2v) is 10.6. The molecule has 0 saturated carbocycles. The number of amides is 1. The van der Waals surface area contributed by atoms with Gasteiger partial charge in [0.1, 0.15) is 23.1 Å². The predicted molar refractivity (Wildman–Crippen MR) is 140 cm³/mol. The van der Waals surface area contributed by atoms with Gasteiger partial charge in [-0.2, -0.15) is 0 Å². The van der Waals surface area contributed by atoms with Crippen LogP contribution < -0.4 is 10.6 Å². The van der Waals surface area contributed by atoms with E-state index in [0.717, 1.165) is 52.4 Å². The molecule has 0 saturated heterocycles. The maximum atomic E-state index is 14.2. The van der Waals surface area contributed by atoms with Crippen molar-refractivity contribution in [2.24, 2.45) is 0 Å². The Hall–Kier alpha value is -3.36. The van der Waals surface area contributed by atoms with E-state index in [1.165, 1.54) is 12.1 Å². The Labute approximate surface area is 221 Å². The van der Waals surface area contributed by atoms with E-state index < -0.39 is 35.5 Å². The largest absolute Gasteiger partial charge is 0.444 e. The lowest BCUT2D eigenvalue weighted by Gasteiger charge is -2.28. The Bertz CT molecular complexity index is 1300. The first-order valence-corrected chi connectivity index (χ1v) is 12.7. The Morgan fingerprint density at radius 1 is 0.921 bits per heavy atom. The summed E-state index contributed by atoms with van der Waals surface area (Å²) in [6.45, 7) is 7.19. The number of halogens is 3. The number of aliphatic hydroxyl groups is 1. The Morgan fingerprint density at radius 3 is 2.18 bits per heavy atom. The number of rotatable bonds is 8. The molecule has 38 heavy (non-hydrogen) atoms. The van der Waals surface area contributed by atoms with E-state index in [-0.39, 0.29) is 30.4 Å². The van der Waals surface area contributed by atoms with Crippen molar-refractivity contribution < 1.29 is 27.8 Å². The van der Waals surface area contributed by atoms with Crippen molar-refractivity contribution in [3.05, 3.63) is 94.3 Å². The molecule has 3 aromatic carbocycles. The van der Waals surface area contributed by atoms with Crippen LogP contribution >= 0.6 is 0 Å². The first-order valence-electron chi connectivity index (χ1n) is 12.7. The van der Waals surface area contributed by atoms with Crippen molar-refractivity contribution in [1.82, 2.24) is 10.6 Å².